The Morgan fingerprint density at radius 1 is 0.742 bits per heavy atom. The number of aromatic nitrogens is 2. The Labute approximate surface area is 181 Å². The van der Waals surface area contributed by atoms with Gasteiger partial charge in [0, 0.05) is 40.5 Å². The third-order valence-electron chi connectivity index (χ3n) is 5.77. The van der Waals surface area contributed by atoms with Crippen molar-refractivity contribution in [3.63, 3.8) is 0 Å². The number of benzene rings is 2. The van der Waals surface area contributed by atoms with E-state index in [-0.39, 0.29) is 17.4 Å². The standard InChI is InChI=1S/C24H30N4O3/c1-27(2)10-8-15-21-17(6-5-7-19(21)29)25-23(15)14-12-18-22(20(30)13-14)16(24(31)26-18)9-11-28(3)4/h5-7,12-13,25-26,29-31H,8-11H2,1-4H3. The molecule has 2 aromatic heterocycles. The average molecular weight is 423 g/mol. The molecule has 31 heavy (non-hydrogen) atoms. The van der Waals surface area contributed by atoms with Gasteiger partial charge in [0.2, 0.25) is 0 Å². The van der Waals surface area contributed by atoms with Gasteiger partial charge in [0.25, 0.3) is 0 Å². The molecule has 0 saturated carbocycles. The average Bonchev–Trinajstić information content (AvgIpc) is 3.22. The SMILES string of the molecule is CN(C)CCc1c(O)[nH]c2cc(-c3[nH]c4cccc(O)c4c3CCN(C)C)cc(O)c12. The van der Waals surface area contributed by atoms with Crippen LogP contribution in [0.3, 0.4) is 0 Å². The second kappa shape index (κ2) is 8.17. The van der Waals surface area contributed by atoms with Gasteiger partial charge in [-0.15, -0.1) is 0 Å². The highest BCUT2D eigenvalue weighted by atomic mass is 16.3. The van der Waals surface area contributed by atoms with Gasteiger partial charge in [-0.25, -0.2) is 0 Å². The molecule has 0 aliphatic heterocycles. The van der Waals surface area contributed by atoms with Crippen molar-refractivity contribution in [1.82, 2.24) is 19.8 Å². The molecule has 4 rings (SSSR count). The Kier molecular flexibility index (Phi) is 5.56. The van der Waals surface area contributed by atoms with E-state index in [0.717, 1.165) is 52.8 Å². The summed E-state index contributed by atoms with van der Waals surface area (Å²) in [5.41, 5.74) is 4.92. The first-order valence-corrected chi connectivity index (χ1v) is 10.4. The zero-order valence-corrected chi connectivity index (χ0v) is 18.5. The van der Waals surface area contributed by atoms with Crippen molar-refractivity contribution in [2.45, 2.75) is 12.8 Å². The van der Waals surface area contributed by atoms with Crippen LogP contribution in [0.2, 0.25) is 0 Å². The van der Waals surface area contributed by atoms with Gasteiger partial charge in [0.1, 0.15) is 11.5 Å². The first-order chi connectivity index (χ1) is 14.8. The first-order valence-electron chi connectivity index (χ1n) is 10.4. The number of likely N-dealkylation sites (N-methyl/N-ethyl adjacent to an activating group) is 2. The highest BCUT2D eigenvalue weighted by Gasteiger charge is 2.20. The quantitative estimate of drug-likeness (QED) is 0.313. The van der Waals surface area contributed by atoms with Gasteiger partial charge >= 0.3 is 0 Å². The van der Waals surface area contributed by atoms with Gasteiger partial charge in [-0.2, -0.15) is 0 Å². The molecule has 0 saturated heterocycles. The molecule has 0 amide bonds. The third-order valence-corrected chi connectivity index (χ3v) is 5.77. The third kappa shape index (κ3) is 3.94. The van der Waals surface area contributed by atoms with Crippen LogP contribution < -0.4 is 0 Å². The number of H-pyrrole nitrogens is 2. The summed E-state index contributed by atoms with van der Waals surface area (Å²) in [6.07, 6.45) is 1.36. The molecule has 5 N–H and O–H groups in total. The Morgan fingerprint density at radius 2 is 1.39 bits per heavy atom. The zero-order chi connectivity index (χ0) is 22.3. The van der Waals surface area contributed by atoms with Crippen LogP contribution >= 0.6 is 0 Å². The summed E-state index contributed by atoms with van der Waals surface area (Å²) in [7, 11) is 7.99. The molecule has 0 aliphatic carbocycles. The number of rotatable bonds is 7. The van der Waals surface area contributed by atoms with E-state index in [4.69, 9.17) is 0 Å². The molecule has 0 aliphatic rings. The Bertz CT molecular complexity index is 1240. The van der Waals surface area contributed by atoms with Crippen LogP contribution in [0.15, 0.2) is 30.3 Å². The summed E-state index contributed by atoms with van der Waals surface area (Å²) in [5.74, 6) is 0.452. The highest BCUT2D eigenvalue weighted by Crippen LogP contribution is 2.41. The monoisotopic (exact) mass is 422 g/mol. The fraction of sp³-hybridized carbons (Fsp3) is 0.333. The molecule has 4 aromatic rings. The second-order valence-electron chi connectivity index (χ2n) is 8.65. The van der Waals surface area contributed by atoms with Crippen molar-refractivity contribution in [2.75, 3.05) is 41.3 Å². The number of fused-ring (bicyclic) bond motifs is 2. The number of phenols is 2. The van der Waals surface area contributed by atoms with E-state index in [1.165, 1.54) is 0 Å². The van der Waals surface area contributed by atoms with Crippen LogP contribution in [0.1, 0.15) is 11.1 Å². The first kappa shape index (κ1) is 21.1. The van der Waals surface area contributed by atoms with E-state index in [0.29, 0.717) is 17.3 Å². The van der Waals surface area contributed by atoms with E-state index in [1.807, 2.05) is 51.3 Å². The zero-order valence-electron chi connectivity index (χ0n) is 18.5. The molecule has 0 unspecified atom stereocenters. The maximum absolute atomic E-state index is 10.9. The molecular formula is C24H30N4O3. The second-order valence-corrected chi connectivity index (χ2v) is 8.65. The van der Waals surface area contributed by atoms with Crippen molar-refractivity contribution >= 4 is 21.8 Å². The minimum Gasteiger partial charge on any atom is -0.507 e. The van der Waals surface area contributed by atoms with Crippen LogP contribution in [-0.2, 0) is 12.8 Å². The maximum Gasteiger partial charge on any atom is 0.192 e. The predicted molar refractivity (Wildman–Crippen MR) is 125 cm³/mol. The number of nitrogens with zero attached hydrogens (tertiary/aromatic N) is 2. The number of aromatic amines is 2. The van der Waals surface area contributed by atoms with E-state index < -0.39 is 0 Å². The predicted octanol–water partition coefficient (Wildman–Crippen LogP) is 3.64. The summed E-state index contributed by atoms with van der Waals surface area (Å²) >= 11 is 0. The fourth-order valence-corrected chi connectivity index (χ4v) is 4.22. The number of hydrogen-bond donors (Lipinski definition) is 5. The highest BCUT2D eigenvalue weighted by molar-refractivity contribution is 5.99. The van der Waals surface area contributed by atoms with E-state index in [2.05, 4.69) is 14.9 Å². The van der Waals surface area contributed by atoms with Crippen LogP contribution in [-0.4, -0.2) is 76.4 Å². The molecule has 0 fully saturated rings. The molecular weight excluding hydrogens is 392 g/mol. The normalized spacial score (nSPS) is 12.1. The lowest BCUT2D eigenvalue weighted by atomic mass is 9.99. The van der Waals surface area contributed by atoms with Crippen molar-refractivity contribution in [1.29, 1.82) is 0 Å². The molecule has 2 aromatic carbocycles. The summed E-state index contributed by atoms with van der Waals surface area (Å²) in [6, 6.07) is 9.12. The molecule has 0 bridgehead atoms. The largest absolute Gasteiger partial charge is 0.507 e. The summed E-state index contributed by atoms with van der Waals surface area (Å²) in [6.45, 7) is 1.58. The van der Waals surface area contributed by atoms with Gasteiger partial charge < -0.3 is 35.1 Å². The summed E-state index contributed by atoms with van der Waals surface area (Å²) in [4.78, 5) is 10.6. The van der Waals surface area contributed by atoms with Crippen LogP contribution in [0.4, 0.5) is 0 Å². The topological polar surface area (TPSA) is 98.8 Å². The molecule has 164 valence electrons. The van der Waals surface area contributed by atoms with Crippen LogP contribution in [0, 0.1) is 0 Å². The van der Waals surface area contributed by atoms with Crippen LogP contribution in [0.25, 0.3) is 33.1 Å². The molecule has 2 heterocycles. The van der Waals surface area contributed by atoms with Crippen molar-refractivity contribution in [3.05, 3.63) is 41.5 Å². The van der Waals surface area contributed by atoms with Crippen molar-refractivity contribution in [3.8, 4) is 28.6 Å². The van der Waals surface area contributed by atoms with Gasteiger partial charge in [-0.05, 0) is 70.9 Å². The van der Waals surface area contributed by atoms with E-state index in [1.54, 1.807) is 12.1 Å². The van der Waals surface area contributed by atoms with E-state index in [9.17, 15) is 15.3 Å². The lowest BCUT2D eigenvalue weighted by molar-refractivity contribution is 0.404. The molecule has 0 atom stereocenters. The van der Waals surface area contributed by atoms with Crippen molar-refractivity contribution < 1.29 is 15.3 Å². The summed E-state index contributed by atoms with van der Waals surface area (Å²) < 4.78 is 0. The molecule has 0 spiro atoms. The lowest BCUT2D eigenvalue weighted by Gasteiger charge is -2.12. The lowest BCUT2D eigenvalue weighted by Crippen LogP contribution is -2.15. The van der Waals surface area contributed by atoms with Gasteiger partial charge in [-0.1, -0.05) is 6.07 Å². The Hall–Kier alpha value is -3.16. The van der Waals surface area contributed by atoms with Crippen molar-refractivity contribution in [2.24, 2.45) is 0 Å². The number of nitrogens with one attached hydrogen (secondary N) is 2. The summed E-state index contributed by atoms with van der Waals surface area (Å²) in [5, 5.41) is 33.3. The molecule has 0 radical (unpaired) electrons. The van der Waals surface area contributed by atoms with Gasteiger partial charge in [0.05, 0.1) is 11.2 Å². The Balaban J connectivity index is 1.87. The number of phenolic OH excluding ortho intramolecular Hbond substituents is 2. The van der Waals surface area contributed by atoms with E-state index >= 15 is 0 Å². The maximum atomic E-state index is 10.9. The smallest absolute Gasteiger partial charge is 0.192 e. The number of hydrogen-bond acceptors (Lipinski definition) is 5. The number of aromatic hydroxyl groups is 3. The minimum absolute atomic E-state index is 0.0893. The minimum atomic E-state index is 0.0893. The fourth-order valence-electron chi connectivity index (χ4n) is 4.22. The van der Waals surface area contributed by atoms with Gasteiger partial charge in [0.15, 0.2) is 5.88 Å². The molecule has 7 nitrogen and oxygen atoms in total. The Morgan fingerprint density at radius 3 is 2.06 bits per heavy atom. The molecule has 7 heteroatoms. The van der Waals surface area contributed by atoms with Crippen LogP contribution in [0.5, 0.6) is 17.4 Å². The van der Waals surface area contributed by atoms with Gasteiger partial charge in [-0.3, -0.25) is 0 Å².